The van der Waals surface area contributed by atoms with Gasteiger partial charge in [-0.05, 0) is 89.4 Å². The SMILES string of the molecule is COC(=O)c1cc(Cc2ccc(P(=O)(OC(C)C)OC(C)C)cc2)cc(OC(C)C)c1. The molecular weight excluding hydrogens is 415 g/mol. The normalized spacial score (nSPS) is 11.9. The molecule has 2 aromatic rings. The van der Waals surface area contributed by atoms with Gasteiger partial charge in [-0.1, -0.05) is 12.1 Å². The molecule has 0 heterocycles. The van der Waals surface area contributed by atoms with Crippen molar-refractivity contribution < 1.29 is 27.9 Å². The fraction of sp³-hybridized carbons (Fsp3) is 0.458. The zero-order valence-electron chi connectivity index (χ0n) is 19.4. The number of rotatable bonds is 10. The molecule has 0 aliphatic rings. The van der Waals surface area contributed by atoms with Crippen LogP contribution in [0.25, 0.3) is 0 Å². The summed E-state index contributed by atoms with van der Waals surface area (Å²) in [5.74, 6) is 0.202. The van der Waals surface area contributed by atoms with Gasteiger partial charge >= 0.3 is 13.6 Å². The fourth-order valence-electron chi connectivity index (χ4n) is 3.07. The summed E-state index contributed by atoms with van der Waals surface area (Å²) in [6, 6.07) is 12.7. The minimum Gasteiger partial charge on any atom is -0.491 e. The maximum atomic E-state index is 13.3. The van der Waals surface area contributed by atoms with Gasteiger partial charge in [0.15, 0.2) is 0 Å². The highest BCUT2D eigenvalue weighted by Gasteiger charge is 2.30. The van der Waals surface area contributed by atoms with Crippen molar-refractivity contribution in [2.45, 2.75) is 66.3 Å². The van der Waals surface area contributed by atoms with E-state index in [1.54, 1.807) is 24.3 Å². The Morgan fingerprint density at radius 3 is 1.90 bits per heavy atom. The lowest BCUT2D eigenvalue weighted by atomic mass is 10.0. The van der Waals surface area contributed by atoms with E-state index in [0.717, 1.165) is 11.1 Å². The van der Waals surface area contributed by atoms with Crippen molar-refractivity contribution >= 4 is 18.9 Å². The second-order valence-electron chi connectivity index (χ2n) is 8.17. The number of hydrogen-bond acceptors (Lipinski definition) is 6. The Morgan fingerprint density at radius 2 is 1.42 bits per heavy atom. The highest BCUT2D eigenvalue weighted by atomic mass is 31.2. The van der Waals surface area contributed by atoms with Gasteiger partial charge in [0, 0.05) is 0 Å². The van der Waals surface area contributed by atoms with Gasteiger partial charge in [-0.15, -0.1) is 0 Å². The van der Waals surface area contributed by atoms with Gasteiger partial charge < -0.3 is 18.5 Å². The lowest BCUT2D eigenvalue weighted by molar-refractivity contribution is 0.0599. The van der Waals surface area contributed by atoms with Gasteiger partial charge in [-0.2, -0.15) is 0 Å². The summed E-state index contributed by atoms with van der Waals surface area (Å²) >= 11 is 0. The van der Waals surface area contributed by atoms with Crippen molar-refractivity contribution in [2.75, 3.05) is 7.11 Å². The Kier molecular flexibility index (Phi) is 8.87. The monoisotopic (exact) mass is 448 g/mol. The van der Waals surface area contributed by atoms with Crippen molar-refractivity contribution in [2.24, 2.45) is 0 Å². The summed E-state index contributed by atoms with van der Waals surface area (Å²) in [4.78, 5) is 12.1. The number of methoxy groups -OCH3 is 1. The Labute approximate surface area is 185 Å². The van der Waals surface area contributed by atoms with Crippen LogP contribution in [0.5, 0.6) is 5.75 Å². The van der Waals surface area contributed by atoms with Crippen LogP contribution in [-0.2, 0) is 24.8 Å². The summed E-state index contributed by atoms with van der Waals surface area (Å²) in [7, 11) is -2.06. The molecule has 0 aliphatic heterocycles. The number of ether oxygens (including phenoxy) is 2. The number of esters is 1. The van der Waals surface area contributed by atoms with Gasteiger partial charge in [-0.3, -0.25) is 4.57 Å². The Bertz CT molecular complexity index is 904. The number of carbonyl (C=O) groups is 1. The molecule has 0 spiro atoms. The van der Waals surface area contributed by atoms with E-state index in [-0.39, 0.29) is 18.3 Å². The van der Waals surface area contributed by atoms with Gasteiger partial charge in [-0.25, -0.2) is 4.79 Å². The first-order valence-electron chi connectivity index (χ1n) is 10.5. The average molecular weight is 448 g/mol. The van der Waals surface area contributed by atoms with Crippen LogP contribution < -0.4 is 10.0 Å². The predicted octanol–water partition coefficient (Wildman–Crippen LogP) is 5.52. The van der Waals surface area contributed by atoms with Crippen molar-refractivity contribution in [1.29, 1.82) is 0 Å². The van der Waals surface area contributed by atoms with Crippen LogP contribution in [0.3, 0.4) is 0 Å². The van der Waals surface area contributed by atoms with Gasteiger partial charge in [0.1, 0.15) is 5.75 Å². The third kappa shape index (κ3) is 7.49. The Morgan fingerprint density at radius 1 is 0.839 bits per heavy atom. The van der Waals surface area contributed by atoms with E-state index in [1.165, 1.54) is 7.11 Å². The standard InChI is InChI=1S/C24H33O6P/c1-16(2)28-22-14-20(13-21(15-22)24(25)27-7)12-19-8-10-23(11-9-19)31(26,29-17(3)4)30-18(5)6/h8-11,13-18H,12H2,1-7H3. The second-order valence-corrected chi connectivity index (χ2v) is 10.1. The maximum absolute atomic E-state index is 13.3. The number of hydrogen-bond donors (Lipinski definition) is 0. The molecule has 170 valence electrons. The van der Waals surface area contributed by atoms with E-state index in [1.807, 2.05) is 59.7 Å². The summed E-state index contributed by atoms with van der Waals surface area (Å²) in [6.07, 6.45) is 0.0884. The van der Waals surface area contributed by atoms with Crippen LogP contribution >= 0.6 is 7.60 Å². The first kappa shape index (κ1) is 25.1. The highest BCUT2D eigenvalue weighted by molar-refractivity contribution is 7.62. The Hall–Kier alpha value is -2.14. The lowest BCUT2D eigenvalue weighted by Crippen LogP contribution is -2.16. The summed E-state index contributed by atoms with van der Waals surface area (Å²) in [5.41, 5.74) is 2.33. The first-order valence-corrected chi connectivity index (χ1v) is 12.0. The zero-order chi connectivity index (χ0) is 23.2. The van der Waals surface area contributed by atoms with Crippen LogP contribution in [0.1, 0.15) is 63.0 Å². The van der Waals surface area contributed by atoms with Gasteiger partial charge in [0.05, 0.1) is 36.3 Å². The molecule has 0 fully saturated rings. The summed E-state index contributed by atoms with van der Waals surface area (Å²) < 4.78 is 35.3. The third-order valence-corrected chi connectivity index (χ3v) is 6.45. The maximum Gasteiger partial charge on any atom is 0.361 e. The molecule has 0 aliphatic carbocycles. The number of carbonyl (C=O) groups excluding carboxylic acids is 1. The number of benzene rings is 2. The molecule has 0 unspecified atom stereocenters. The predicted molar refractivity (Wildman–Crippen MR) is 122 cm³/mol. The molecule has 2 aromatic carbocycles. The molecular formula is C24H33O6P. The van der Waals surface area contributed by atoms with Crippen LogP contribution in [0.2, 0.25) is 0 Å². The molecule has 0 saturated heterocycles. The molecule has 0 saturated carbocycles. The largest absolute Gasteiger partial charge is 0.491 e. The van der Waals surface area contributed by atoms with E-state index in [0.29, 0.717) is 23.0 Å². The molecule has 0 aromatic heterocycles. The fourth-order valence-corrected chi connectivity index (χ4v) is 4.99. The van der Waals surface area contributed by atoms with Crippen molar-refractivity contribution in [3.63, 3.8) is 0 Å². The van der Waals surface area contributed by atoms with E-state index in [4.69, 9.17) is 18.5 Å². The van der Waals surface area contributed by atoms with Crippen molar-refractivity contribution in [3.8, 4) is 5.75 Å². The van der Waals surface area contributed by atoms with Crippen molar-refractivity contribution in [3.05, 3.63) is 59.2 Å². The summed E-state index contributed by atoms with van der Waals surface area (Å²) in [5, 5.41) is 0.519. The third-order valence-electron chi connectivity index (χ3n) is 4.12. The second kappa shape index (κ2) is 10.9. The molecule has 0 amide bonds. The van der Waals surface area contributed by atoms with E-state index >= 15 is 0 Å². The lowest BCUT2D eigenvalue weighted by Gasteiger charge is -2.23. The van der Waals surface area contributed by atoms with E-state index in [2.05, 4.69) is 0 Å². The molecule has 7 heteroatoms. The van der Waals surface area contributed by atoms with Crippen LogP contribution in [-0.4, -0.2) is 31.4 Å². The molecule has 6 nitrogen and oxygen atoms in total. The molecule has 0 atom stereocenters. The Balaban J connectivity index is 2.31. The molecule has 31 heavy (non-hydrogen) atoms. The van der Waals surface area contributed by atoms with Gasteiger partial charge in [0.25, 0.3) is 0 Å². The molecule has 0 N–H and O–H groups in total. The smallest absolute Gasteiger partial charge is 0.361 e. The van der Waals surface area contributed by atoms with E-state index in [9.17, 15) is 9.36 Å². The topological polar surface area (TPSA) is 71.1 Å². The van der Waals surface area contributed by atoms with Crippen LogP contribution in [0.4, 0.5) is 0 Å². The molecule has 2 rings (SSSR count). The van der Waals surface area contributed by atoms with Crippen molar-refractivity contribution in [1.82, 2.24) is 0 Å². The first-order chi connectivity index (χ1) is 14.5. The minimum absolute atomic E-state index is 0.0175. The zero-order valence-corrected chi connectivity index (χ0v) is 20.3. The summed E-state index contributed by atoms with van der Waals surface area (Å²) in [6.45, 7) is 11.2. The van der Waals surface area contributed by atoms with Crippen LogP contribution in [0.15, 0.2) is 42.5 Å². The quantitative estimate of drug-likeness (QED) is 0.352. The van der Waals surface area contributed by atoms with Gasteiger partial charge in [0.2, 0.25) is 0 Å². The van der Waals surface area contributed by atoms with Crippen LogP contribution in [0, 0.1) is 0 Å². The molecule has 0 bridgehead atoms. The molecule has 0 radical (unpaired) electrons. The average Bonchev–Trinajstić information content (AvgIpc) is 2.65. The van der Waals surface area contributed by atoms with E-state index < -0.39 is 13.6 Å². The minimum atomic E-state index is -3.42. The highest BCUT2D eigenvalue weighted by Crippen LogP contribution is 2.49.